The molecule has 20 heavy (non-hydrogen) atoms. The first-order valence-corrected chi connectivity index (χ1v) is 8.50. The lowest BCUT2D eigenvalue weighted by Gasteiger charge is -2.23. The molecular formula is C14H22N2O3S. The summed E-state index contributed by atoms with van der Waals surface area (Å²) in [6, 6.07) is 6.94. The molecule has 0 aromatic heterocycles. The van der Waals surface area contributed by atoms with Crippen molar-refractivity contribution >= 4 is 15.7 Å². The zero-order valence-corrected chi connectivity index (χ0v) is 12.6. The molecule has 0 bridgehead atoms. The molecule has 1 aliphatic heterocycles. The summed E-state index contributed by atoms with van der Waals surface area (Å²) in [5.74, 6) is 0. The summed E-state index contributed by atoms with van der Waals surface area (Å²) in [5, 5.41) is 3.20. The highest BCUT2D eigenvalue weighted by Gasteiger charge is 2.17. The largest absolute Gasteiger partial charge is 0.384 e. The van der Waals surface area contributed by atoms with Crippen LogP contribution in [0.3, 0.4) is 0 Å². The predicted molar refractivity (Wildman–Crippen MR) is 79.4 cm³/mol. The van der Waals surface area contributed by atoms with Crippen molar-refractivity contribution < 1.29 is 13.2 Å². The minimum Gasteiger partial charge on any atom is -0.384 e. The van der Waals surface area contributed by atoms with E-state index in [1.807, 2.05) is 6.07 Å². The smallest absolute Gasteiger partial charge is 0.242 e. The van der Waals surface area contributed by atoms with Crippen LogP contribution in [0.4, 0.5) is 5.69 Å². The molecule has 0 spiro atoms. The van der Waals surface area contributed by atoms with Gasteiger partial charge in [0.1, 0.15) is 4.90 Å². The van der Waals surface area contributed by atoms with Gasteiger partial charge in [0.2, 0.25) is 10.0 Å². The minimum absolute atomic E-state index is 0.284. The van der Waals surface area contributed by atoms with Crippen LogP contribution in [0.1, 0.15) is 25.7 Å². The zero-order valence-electron chi connectivity index (χ0n) is 11.8. The molecule has 0 aliphatic carbocycles. The Morgan fingerprint density at radius 3 is 2.80 bits per heavy atom. The first kappa shape index (κ1) is 15.3. The number of anilines is 1. The Morgan fingerprint density at radius 2 is 2.10 bits per heavy atom. The van der Waals surface area contributed by atoms with Gasteiger partial charge in [0.15, 0.2) is 0 Å². The predicted octanol–water partition coefficient (Wildman–Crippen LogP) is 1.97. The highest BCUT2D eigenvalue weighted by Crippen LogP contribution is 2.21. The number of benzene rings is 1. The normalized spacial score (nSPS) is 19.8. The van der Waals surface area contributed by atoms with E-state index in [-0.39, 0.29) is 4.90 Å². The molecule has 1 heterocycles. The van der Waals surface area contributed by atoms with Crippen LogP contribution in [0.5, 0.6) is 0 Å². The van der Waals surface area contributed by atoms with Crippen LogP contribution >= 0.6 is 0 Å². The van der Waals surface area contributed by atoms with Crippen LogP contribution in [0.25, 0.3) is 0 Å². The summed E-state index contributed by atoms with van der Waals surface area (Å²) < 4.78 is 31.8. The van der Waals surface area contributed by atoms with Gasteiger partial charge in [-0.2, -0.15) is 0 Å². The average Bonchev–Trinajstić information content (AvgIpc) is 2.49. The van der Waals surface area contributed by atoms with Crippen LogP contribution in [0.2, 0.25) is 0 Å². The van der Waals surface area contributed by atoms with Crippen LogP contribution in [-0.2, 0) is 14.8 Å². The minimum atomic E-state index is -3.43. The number of hydrogen-bond acceptors (Lipinski definition) is 4. The third-order valence-electron chi connectivity index (χ3n) is 3.50. The molecule has 1 unspecified atom stereocenters. The highest BCUT2D eigenvalue weighted by atomic mass is 32.2. The summed E-state index contributed by atoms with van der Waals surface area (Å²) in [6.07, 6.45) is 4.65. The van der Waals surface area contributed by atoms with Crippen molar-refractivity contribution in [1.29, 1.82) is 0 Å². The maximum atomic E-state index is 11.9. The van der Waals surface area contributed by atoms with E-state index in [0.717, 1.165) is 25.9 Å². The van der Waals surface area contributed by atoms with Crippen molar-refractivity contribution in [3.05, 3.63) is 24.3 Å². The maximum Gasteiger partial charge on any atom is 0.242 e. The molecule has 0 saturated carbocycles. The molecule has 2 rings (SSSR count). The monoisotopic (exact) mass is 298 g/mol. The van der Waals surface area contributed by atoms with Gasteiger partial charge in [-0.1, -0.05) is 12.1 Å². The van der Waals surface area contributed by atoms with E-state index in [1.54, 1.807) is 18.2 Å². The molecule has 1 saturated heterocycles. The van der Waals surface area contributed by atoms with Crippen LogP contribution < -0.4 is 10.0 Å². The molecule has 0 radical (unpaired) electrons. The number of rotatable bonds is 6. The lowest BCUT2D eigenvalue weighted by atomic mass is 10.1. The van der Waals surface area contributed by atoms with Gasteiger partial charge in [-0.3, -0.25) is 0 Å². The van der Waals surface area contributed by atoms with Crippen LogP contribution in [0, 0.1) is 0 Å². The second kappa shape index (κ2) is 7.06. The van der Waals surface area contributed by atoms with Gasteiger partial charge in [0.25, 0.3) is 0 Å². The molecule has 1 atom stereocenters. The van der Waals surface area contributed by atoms with Crippen LogP contribution in [-0.4, -0.2) is 34.7 Å². The molecule has 1 aliphatic rings. The Morgan fingerprint density at radius 1 is 1.30 bits per heavy atom. The second-order valence-corrected chi connectivity index (χ2v) is 6.76. The maximum absolute atomic E-state index is 11.9. The van der Waals surface area contributed by atoms with Crippen molar-refractivity contribution in [1.82, 2.24) is 4.72 Å². The van der Waals surface area contributed by atoms with Gasteiger partial charge in [0.05, 0.1) is 11.8 Å². The standard InChI is InChI=1S/C14H22N2O3S/c1-15-20(17,18)14-8-3-2-7-13(14)16-10-9-12-6-4-5-11-19-12/h2-3,7-8,12,15-16H,4-6,9-11H2,1H3. The third kappa shape index (κ3) is 3.94. The zero-order chi connectivity index (χ0) is 14.4. The number of nitrogens with one attached hydrogen (secondary N) is 2. The molecule has 5 nitrogen and oxygen atoms in total. The molecule has 1 aromatic rings. The summed E-state index contributed by atoms with van der Waals surface area (Å²) in [5.41, 5.74) is 0.637. The average molecular weight is 298 g/mol. The summed E-state index contributed by atoms with van der Waals surface area (Å²) in [4.78, 5) is 0.284. The van der Waals surface area contributed by atoms with Crippen molar-refractivity contribution in [2.75, 3.05) is 25.5 Å². The Bertz CT molecular complexity index is 525. The Hall–Kier alpha value is -1.11. The summed E-state index contributed by atoms with van der Waals surface area (Å²) in [6.45, 7) is 1.55. The highest BCUT2D eigenvalue weighted by molar-refractivity contribution is 7.89. The van der Waals surface area contributed by atoms with Crippen molar-refractivity contribution in [3.8, 4) is 0 Å². The molecule has 0 amide bonds. The van der Waals surface area contributed by atoms with E-state index in [4.69, 9.17) is 4.74 Å². The van der Waals surface area contributed by atoms with Gasteiger partial charge in [-0.05, 0) is 44.9 Å². The van der Waals surface area contributed by atoms with E-state index in [1.165, 1.54) is 13.5 Å². The SMILES string of the molecule is CNS(=O)(=O)c1ccccc1NCCC1CCCCO1. The number of sulfonamides is 1. The Kier molecular flexibility index (Phi) is 5.39. The second-order valence-electron chi connectivity index (χ2n) is 4.91. The van der Waals surface area contributed by atoms with Crippen molar-refractivity contribution in [3.63, 3.8) is 0 Å². The van der Waals surface area contributed by atoms with E-state index in [0.29, 0.717) is 18.3 Å². The number of hydrogen-bond donors (Lipinski definition) is 2. The van der Waals surface area contributed by atoms with Gasteiger partial charge >= 0.3 is 0 Å². The van der Waals surface area contributed by atoms with Crippen molar-refractivity contribution in [2.45, 2.75) is 36.7 Å². The lowest BCUT2D eigenvalue weighted by Crippen LogP contribution is -2.23. The topological polar surface area (TPSA) is 67.4 Å². The van der Waals surface area contributed by atoms with E-state index in [2.05, 4.69) is 10.0 Å². The number of ether oxygens (including phenoxy) is 1. The molecule has 2 N–H and O–H groups in total. The van der Waals surface area contributed by atoms with Crippen LogP contribution in [0.15, 0.2) is 29.2 Å². The van der Waals surface area contributed by atoms with Gasteiger partial charge < -0.3 is 10.1 Å². The first-order chi connectivity index (χ1) is 9.63. The van der Waals surface area contributed by atoms with E-state index in [9.17, 15) is 8.42 Å². The molecule has 112 valence electrons. The number of para-hydroxylation sites is 1. The first-order valence-electron chi connectivity index (χ1n) is 7.01. The van der Waals surface area contributed by atoms with Gasteiger partial charge in [0, 0.05) is 13.2 Å². The van der Waals surface area contributed by atoms with Crippen molar-refractivity contribution in [2.24, 2.45) is 0 Å². The van der Waals surface area contributed by atoms with E-state index >= 15 is 0 Å². The molecule has 1 fully saturated rings. The van der Waals surface area contributed by atoms with Gasteiger partial charge in [-0.15, -0.1) is 0 Å². The lowest BCUT2D eigenvalue weighted by molar-refractivity contribution is 0.0134. The molecule has 6 heteroatoms. The Labute approximate surface area is 120 Å². The fourth-order valence-electron chi connectivity index (χ4n) is 2.36. The fraction of sp³-hybridized carbons (Fsp3) is 0.571. The quantitative estimate of drug-likeness (QED) is 0.842. The van der Waals surface area contributed by atoms with Gasteiger partial charge in [-0.25, -0.2) is 13.1 Å². The Balaban J connectivity index is 1.95. The summed E-state index contributed by atoms with van der Waals surface area (Å²) in [7, 11) is -2.01. The fourth-order valence-corrected chi connectivity index (χ4v) is 3.27. The molecule has 1 aromatic carbocycles. The third-order valence-corrected chi connectivity index (χ3v) is 4.97. The van der Waals surface area contributed by atoms with E-state index < -0.39 is 10.0 Å². The molecular weight excluding hydrogens is 276 g/mol. The summed E-state index contributed by atoms with van der Waals surface area (Å²) >= 11 is 0.